The lowest BCUT2D eigenvalue weighted by Gasteiger charge is -2.38. The molecule has 0 bridgehead atoms. The van der Waals surface area contributed by atoms with Gasteiger partial charge in [0.2, 0.25) is 0 Å². The van der Waals surface area contributed by atoms with E-state index in [1.54, 1.807) is 12.1 Å². The molecule has 3 heterocycles. The van der Waals surface area contributed by atoms with Crippen LogP contribution in [0, 0.1) is 11.2 Å². The maximum atomic E-state index is 13.9. The van der Waals surface area contributed by atoms with E-state index in [-0.39, 0.29) is 22.9 Å². The van der Waals surface area contributed by atoms with Crippen LogP contribution in [0.3, 0.4) is 0 Å². The van der Waals surface area contributed by atoms with Gasteiger partial charge in [-0.3, -0.25) is 4.79 Å². The normalized spacial score (nSPS) is 18.2. The maximum absolute atomic E-state index is 13.9. The highest BCUT2D eigenvalue weighted by atomic mass is 35.5. The van der Waals surface area contributed by atoms with Crippen molar-refractivity contribution in [3.63, 3.8) is 0 Å². The van der Waals surface area contributed by atoms with E-state index in [2.05, 4.69) is 30.2 Å². The van der Waals surface area contributed by atoms with E-state index in [4.69, 9.17) is 16.7 Å². The molecule has 1 unspecified atom stereocenters. The van der Waals surface area contributed by atoms with Crippen molar-refractivity contribution in [3.05, 3.63) is 112 Å². The number of benzene rings is 3. The standard InChI is InChI=1S/C32H26ClFN4O/c1-32(2)15-25-28(26(39)16-32)27(18-7-9-19(33)10-8-18)29-30(23-17-35-24-6-4-3-5-22(23)24)37-38(31(29)36-25)21-13-11-20(34)12-14-21/h3-14,17,27,35-36H,15-16H2,1-2H3. The molecule has 2 aromatic heterocycles. The third-order valence-corrected chi connectivity index (χ3v) is 8.06. The molecule has 194 valence electrons. The summed E-state index contributed by atoms with van der Waals surface area (Å²) in [5.74, 6) is 0.271. The monoisotopic (exact) mass is 536 g/mol. The second-order valence-electron chi connectivity index (χ2n) is 11.2. The molecule has 1 aliphatic heterocycles. The third kappa shape index (κ3) is 3.90. The van der Waals surface area contributed by atoms with Gasteiger partial charge in [-0.1, -0.05) is 55.8 Å². The first-order valence-corrected chi connectivity index (χ1v) is 13.4. The molecule has 0 saturated heterocycles. The van der Waals surface area contributed by atoms with Crippen LogP contribution in [-0.2, 0) is 4.79 Å². The highest BCUT2D eigenvalue weighted by molar-refractivity contribution is 6.30. The molecule has 2 aliphatic rings. The van der Waals surface area contributed by atoms with E-state index in [1.165, 1.54) is 12.1 Å². The molecule has 0 amide bonds. The number of anilines is 1. The minimum Gasteiger partial charge on any atom is -0.360 e. The minimum absolute atomic E-state index is 0.138. The zero-order valence-corrected chi connectivity index (χ0v) is 22.3. The highest BCUT2D eigenvalue weighted by Gasteiger charge is 2.43. The number of para-hydroxylation sites is 1. The van der Waals surface area contributed by atoms with E-state index in [0.29, 0.717) is 11.4 Å². The van der Waals surface area contributed by atoms with E-state index >= 15 is 0 Å². The van der Waals surface area contributed by atoms with Gasteiger partial charge >= 0.3 is 0 Å². The van der Waals surface area contributed by atoms with Crippen molar-refractivity contribution in [3.8, 4) is 16.9 Å². The number of hydrogen-bond donors (Lipinski definition) is 2. The molecule has 5 aromatic rings. The first-order chi connectivity index (χ1) is 18.8. The van der Waals surface area contributed by atoms with Crippen molar-refractivity contribution >= 4 is 34.1 Å². The van der Waals surface area contributed by atoms with Gasteiger partial charge in [0.05, 0.1) is 5.69 Å². The Morgan fingerprint density at radius 3 is 2.51 bits per heavy atom. The quantitative estimate of drug-likeness (QED) is 0.245. The number of nitrogens with zero attached hydrogens (tertiary/aromatic N) is 2. The Morgan fingerprint density at radius 2 is 1.74 bits per heavy atom. The fraction of sp³-hybridized carbons (Fsp3) is 0.188. The predicted molar refractivity (Wildman–Crippen MR) is 153 cm³/mol. The summed E-state index contributed by atoms with van der Waals surface area (Å²) >= 11 is 6.29. The Bertz CT molecular complexity index is 1790. The number of rotatable bonds is 3. The number of hydrogen-bond acceptors (Lipinski definition) is 3. The minimum atomic E-state index is -0.338. The zero-order chi connectivity index (χ0) is 26.9. The van der Waals surface area contributed by atoms with Crippen LogP contribution in [0.2, 0.25) is 5.02 Å². The number of halogens is 2. The molecule has 0 saturated carbocycles. The number of aromatic nitrogens is 3. The first-order valence-electron chi connectivity index (χ1n) is 13.0. The van der Waals surface area contributed by atoms with Crippen molar-refractivity contribution in [2.24, 2.45) is 5.41 Å². The Kier molecular flexibility index (Phi) is 5.32. The number of aromatic amines is 1. The first kappa shape index (κ1) is 23.9. The van der Waals surface area contributed by atoms with Gasteiger partial charge < -0.3 is 10.3 Å². The molecule has 0 spiro atoms. The smallest absolute Gasteiger partial charge is 0.162 e. The number of H-pyrrole nitrogens is 1. The summed E-state index contributed by atoms with van der Waals surface area (Å²) in [6, 6.07) is 22.1. The van der Waals surface area contributed by atoms with Crippen molar-refractivity contribution in [1.29, 1.82) is 0 Å². The van der Waals surface area contributed by atoms with Gasteiger partial charge in [0.1, 0.15) is 17.3 Å². The molecular formula is C32H26ClFN4O. The largest absolute Gasteiger partial charge is 0.360 e. The van der Waals surface area contributed by atoms with Gasteiger partial charge in [-0.05, 0) is 59.9 Å². The van der Waals surface area contributed by atoms with Crippen LogP contribution in [-0.4, -0.2) is 20.5 Å². The molecule has 5 nitrogen and oxygen atoms in total. The van der Waals surface area contributed by atoms with Crippen LogP contribution in [0.15, 0.2) is 90.3 Å². The van der Waals surface area contributed by atoms with Gasteiger partial charge in [-0.15, -0.1) is 0 Å². The number of carbonyl (C=O) groups excluding carboxylic acids is 1. The molecule has 3 aromatic carbocycles. The average Bonchev–Trinajstić information content (AvgIpc) is 3.49. The van der Waals surface area contributed by atoms with Crippen LogP contribution in [0.5, 0.6) is 0 Å². The Balaban J connectivity index is 1.55. The predicted octanol–water partition coefficient (Wildman–Crippen LogP) is 8.01. The van der Waals surface area contributed by atoms with Gasteiger partial charge in [-0.25, -0.2) is 9.07 Å². The second kappa shape index (κ2) is 8.68. The molecule has 7 heteroatoms. The Morgan fingerprint density at radius 1 is 1.00 bits per heavy atom. The maximum Gasteiger partial charge on any atom is 0.162 e. The molecule has 7 rings (SSSR count). The topological polar surface area (TPSA) is 62.7 Å². The number of nitrogens with one attached hydrogen (secondary N) is 2. The molecule has 2 N–H and O–H groups in total. The molecule has 39 heavy (non-hydrogen) atoms. The van der Waals surface area contributed by atoms with E-state index in [0.717, 1.165) is 62.5 Å². The van der Waals surface area contributed by atoms with Crippen LogP contribution in [0.1, 0.15) is 43.7 Å². The summed E-state index contributed by atoms with van der Waals surface area (Å²) in [7, 11) is 0. The molecular weight excluding hydrogens is 511 g/mol. The number of fused-ring (bicyclic) bond motifs is 2. The van der Waals surface area contributed by atoms with Crippen molar-refractivity contribution in [2.75, 3.05) is 5.32 Å². The second-order valence-corrected chi connectivity index (χ2v) is 11.6. The van der Waals surface area contributed by atoms with Crippen LogP contribution >= 0.6 is 11.6 Å². The summed E-state index contributed by atoms with van der Waals surface area (Å²) in [6.45, 7) is 4.25. The van der Waals surface area contributed by atoms with Crippen LogP contribution in [0.25, 0.3) is 27.8 Å². The Labute approximate surface area is 230 Å². The van der Waals surface area contributed by atoms with Gasteiger partial charge in [0.25, 0.3) is 0 Å². The lowest BCUT2D eigenvalue weighted by atomic mass is 9.69. The SMILES string of the molecule is CC1(C)CC(=O)C2=C(C1)Nc1c(c(-c3c[nH]c4ccccc34)nn1-c1ccc(F)cc1)C2c1ccc(Cl)cc1. The third-order valence-electron chi connectivity index (χ3n) is 7.81. The summed E-state index contributed by atoms with van der Waals surface area (Å²) in [5, 5.41) is 10.5. The number of ketones is 1. The molecule has 1 aliphatic carbocycles. The Hall–Kier alpha value is -4.16. The number of allylic oxidation sites excluding steroid dienone is 2. The van der Waals surface area contributed by atoms with Crippen LogP contribution in [0.4, 0.5) is 10.2 Å². The molecule has 0 radical (unpaired) electrons. The summed E-state index contributed by atoms with van der Waals surface area (Å²) in [5.41, 5.74) is 6.85. The van der Waals surface area contributed by atoms with Gasteiger partial charge in [-0.2, -0.15) is 5.10 Å². The fourth-order valence-corrected chi connectivity index (χ4v) is 6.24. The molecule has 0 fully saturated rings. The van der Waals surface area contributed by atoms with Gasteiger partial charge in [0.15, 0.2) is 5.78 Å². The lowest BCUT2D eigenvalue weighted by molar-refractivity contribution is -0.118. The van der Waals surface area contributed by atoms with Crippen molar-refractivity contribution in [2.45, 2.75) is 32.6 Å². The van der Waals surface area contributed by atoms with Gasteiger partial charge in [0, 0.05) is 56.9 Å². The summed E-state index contributed by atoms with van der Waals surface area (Å²) < 4.78 is 15.7. The fourth-order valence-electron chi connectivity index (χ4n) is 6.12. The van der Waals surface area contributed by atoms with E-state index in [9.17, 15) is 9.18 Å². The molecule has 1 atom stereocenters. The summed E-state index contributed by atoms with van der Waals surface area (Å²) in [4.78, 5) is 17.2. The highest BCUT2D eigenvalue weighted by Crippen LogP contribution is 2.52. The summed E-state index contributed by atoms with van der Waals surface area (Å²) in [6.07, 6.45) is 3.17. The average molecular weight is 537 g/mol. The van der Waals surface area contributed by atoms with Crippen molar-refractivity contribution in [1.82, 2.24) is 14.8 Å². The lowest BCUT2D eigenvalue weighted by Crippen LogP contribution is -2.34. The zero-order valence-electron chi connectivity index (χ0n) is 21.6. The van der Waals surface area contributed by atoms with Crippen molar-refractivity contribution < 1.29 is 9.18 Å². The number of carbonyl (C=O) groups is 1. The van der Waals surface area contributed by atoms with E-state index < -0.39 is 0 Å². The van der Waals surface area contributed by atoms with E-state index in [1.807, 2.05) is 53.3 Å². The van der Waals surface area contributed by atoms with Crippen LogP contribution < -0.4 is 5.32 Å². The number of Topliss-reactive ketones (excluding diaryl/α,β-unsaturated/α-hetero) is 1.